The number of thioether (sulfide) groups is 1. The van der Waals surface area contributed by atoms with Gasteiger partial charge in [0.15, 0.2) is 0 Å². The number of carboxylic acid groups (broad SMARTS) is 1. The largest absolute Gasteiger partial charge is 0.481 e. The number of nitrogens with one attached hydrogen (secondary N) is 2. The van der Waals surface area contributed by atoms with E-state index in [9.17, 15) is 14.4 Å². The molecule has 33 heavy (non-hydrogen) atoms. The van der Waals surface area contributed by atoms with Crippen LogP contribution in [-0.4, -0.2) is 53.3 Å². The van der Waals surface area contributed by atoms with E-state index in [1.807, 2.05) is 42.7 Å². The smallest absolute Gasteiger partial charge is 0.407 e. The first-order valence-electron chi connectivity index (χ1n) is 11.1. The molecule has 174 valence electrons. The van der Waals surface area contributed by atoms with Gasteiger partial charge in [-0.15, -0.1) is 0 Å². The predicted octanol–water partition coefficient (Wildman–Crippen LogP) is 3.77. The zero-order valence-electron chi connectivity index (χ0n) is 18.5. The Bertz CT molecular complexity index is 1010. The van der Waals surface area contributed by atoms with E-state index in [0.717, 1.165) is 22.3 Å². The maximum Gasteiger partial charge on any atom is 0.407 e. The van der Waals surface area contributed by atoms with Gasteiger partial charge in [0, 0.05) is 5.92 Å². The van der Waals surface area contributed by atoms with E-state index in [1.54, 1.807) is 11.8 Å². The van der Waals surface area contributed by atoms with E-state index in [0.29, 0.717) is 25.0 Å². The quantitative estimate of drug-likeness (QED) is 0.490. The number of rotatable bonds is 10. The summed E-state index contributed by atoms with van der Waals surface area (Å²) in [6.07, 6.45) is 2.85. The highest BCUT2D eigenvalue weighted by Crippen LogP contribution is 2.44. The summed E-state index contributed by atoms with van der Waals surface area (Å²) in [5.41, 5.74) is 3.84. The fourth-order valence-electron chi connectivity index (χ4n) is 4.42. The third-order valence-corrected chi connectivity index (χ3v) is 6.94. The van der Waals surface area contributed by atoms with Crippen LogP contribution in [0.1, 0.15) is 42.7 Å². The predicted molar refractivity (Wildman–Crippen MR) is 127 cm³/mol. The molecular weight excluding hydrogens is 440 g/mol. The highest BCUT2D eigenvalue weighted by atomic mass is 32.2. The Kier molecular flexibility index (Phi) is 6.93. The molecule has 1 atom stereocenters. The van der Waals surface area contributed by atoms with E-state index in [1.165, 1.54) is 0 Å². The number of hydrogen-bond acceptors (Lipinski definition) is 5. The summed E-state index contributed by atoms with van der Waals surface area (Å²) in [5, 5.41) is 14.6. The third-order valence-electron chi connectivity index (χ3n) is 6.29. The van der Waals surface area contributed by atoms with Crippen molar-refractivity contribution in [1.29, 1.82) is 0 Å². The SMILES string of the molecule is CSCC[C@@H](NC(=O)OCC1c2ccccc2-c2ccccc21)C(=O)NC1(CC(=O)O)CC1. The lowest BCUT2D eigenvalue weighted by atomic mass is 9.98. The average Bonchev–Trinajstić information content (AvgIpc) is 3.46. The van der Waals surface area contributed by atoms with Crippen LogP contribution in [0.4, 0.5) is 4.79 Å². The molecule has 0 saturated heterocycles. The maximum atomic E-state index is 12.8. The lowest BCUT2D eigenvalue weighted by Gasteiger charge is -2.22. The molecule has 2 aliphatic rings. The van der Waals surface area contributed by atoms with Gasteiger partial charge in [0.05, 0.1) is 12.0 Å². The molecule has 4 rings (SSSR count). The average molecular weight is 469 g/mol. The van der Waals surface area contributed by atoms with Crippen LogP contribution in [0.3, 0.4) is 0 Å². The lowest BCUT2D eigenvalue weighted by molar-refractivity contribution is -0.138. The van der Waals surface area contributed by atoms with Crippen LogP contribution in [-0.2, 0) is 14.3 Å². The van der Waals surface area contributed by atoms with Crippen molar-refractivity contribution < 1.29 is 24.2 Å². The van der Waals surface area contributed by atoms with Gasteiger partial charge in [-0.1, -0.05) is 48.5 Å². The first-order chi connectivity index (χ1) is 15.9. The van der Waals surface area contributed by atoms with E-state index in [2.05, 4.69) is 22.8 Å². The van der Waals surface area contributed by atoms with Gasteiger partial charge in [0.25, 0.3) is 0 Å². The van der Waals surface area contributed by atoms with Crippen molar-refractivity contribution in [2.75, 3.05) is 18.6 Å². The van der Waals surface area contributed by atoms with Gasteiger partial charge in [-0.25, -0.2) is 4.79 Å². The molecule has 2 aromatic rings. The molecule has 0 aliphatic heterocycles. The topological polar surface area (TPSA) is 105 Å². The standard InChI is InChI=1S/C25H28N2O5S/c1-33-13-10-21(23(30)27-25(11-12-25)14-22(28)29)26-24(31)32-15-20-18-8-4-2-6-16(18)17-7-3-5-9-19(17)20/h2-9,20-21H,10-15H2,1H3,(H,26,31)(H,27,30)(H,28,29)/t21-/m1/s1. The number of hydrogen-bond donors (Lipinski definition) is 3. The number of carbonyl (C=O) groups excluding carboxylic acids is 2. The molecule has 0 spiro atoms. The zero-order valence-corrected chi connectivity index (χ0v) is 19.3. The summed E-state index contributed by atoms with van der Waals surface area (Å²) in [6.45, 7) is 0.166. The Labute approximate surface area is 197 Å². The van der Waals surface area contributed by atoms with Gasteiger partial charge < -0.3 is 20.5 Å². The summed E-state index contributed by atoms with van der Waals surface area (Å²) < 4.78 is 5.58. The number of carbonyl (C=O) groups is 3. The highest BCUT2D eigenvalue weighted by Gasteiger charge is 2.46. The molecule has 0 heterocycles. The fourth-order valence-corrected chi connectivity index (χ4v) is 4.89. The zero-order chi connectivity index (χ0) is 23.4. The van der Waals surface area contributed by atoms with Crippen LogP contribution >= 0.6 is 11.8 Å². The van der Waals surface area contributed by atoms with Crippen LogP contribution in [0.5, 0.6) is 0 Å². The van der Waals surface area contributed by atoms with Gasteiger partial charge in [-0.3, -0.25) is 9.59 Å². The second-order valence-electron chi connectivity index (χ2n) is 8.64. The van der Waals surface area contributed by atoms with E-state index < -0.39 is 23.6 Å². The molecule has 1 fully saturated rings. The van der Waals surface area contributed by atoms with Crippen molar-refractivity contribution in [2.45, 2.75) is 43.2 Å². The van der Waals surface area contributed by atoms with Crippen LogP contribution in [0.15, 0.2) is 48.5 Å². The van der Waals surface area contributed by atoms with Gasteiger partial charge in [0.2, 0.25) is 5.91 Å². The summed E-state index contributed by atoms with van der Waals surface area (Å²) in [6, 6.07) is 15.4. The number of carboxylic acids is 1. The number of benzene rings is 2. The Morgan fingerprint density at radius 1 is 1.09 bits per heavy atom. The van der Waals surface area contributed by atoms with Crippen molar-refractivity contribution >= 4 is 29.7 Å². The molecule has 2 aliphatic carbocycles. The van der Waals surface area contributed by atoms with Gasteiger partial charge in [-0.2, -0.15) is 11.8 Å². The molecular formula is C25H28N2O5S. The van der Waals surface area contributed by atoms with Gasteiger partial charge >= 0.3 is 12.1 Å². The maximum absolute atomic E-state index is 12.8. The molecule has 1 saturated carbocycles. The van der Waals surface area contributed by atoms with E-state index in [-0.39, 0.29) is 24.9 Å². The van der Waals surface area contributed by atoms with Crippen molar-refractivity contribution in [3.05, 3.63) is 59.7 Å². The Hall–Kier alpha value is -3.00. The number of alkyl carbamates (subject to hydrolysis) is 1. The van der Waals surface area contributed by atoms with Crippen molar-refractivity contribution in [2.24, 2.45) is 0 Å². The van der Waals surface area contributed by atoms with Crippen molar-refractivity contribution in [1.82, 2.24) is 10.6 Å². The molecule has 0 unspecified atom stereocenters. The van der Waals surface area contributed by atoms with E-state index >= 15 is 0 Å². The molecule has 2 amide bonds. The highest BCUT2D eigenvalue weighted by molar-refractivity contribution is 7.98. The third kappa shape index (κ3) is 5.33. The van der Waals surface area contributed by atoms with Crippen LogP contribution in [0, 0.1) is 0 Å². The van der Waals surface area contributed by atoms with Crippen LogP contribution in [0.25, 0.3) is 11.1 Å². The minimum absolute atomic E-state index is 0.0630. The van der Waals surface area contributed by atoms with Crippen LogP contribution in [0.2, 0.25) is 0 Å². The number of ether oxygens (including phenoxy) is 1. The lowest BCUT2D eigenvalue weighted by Crippen LogP contribution is -2.51. The number of amides is 2. The summed E-state index contributed by atoms with van der Waals surface area (Å²) in [4.78, 5) is 36.6. The fraction of sp³-hybridized carbons (Fsp3) is 0.400. The summed E-state index contributed by atoms with van der Waals surface area (Å²) in [5.74, 6) is -0.700. The van der Waals surface area contributed by atoms with Crippen LogP contribution < -0.4 is 10.6 Å². The normalized spacial score (nSPS) is 16.3. The number of aliphatic carboxylic acids is 1. The molecule has 2 aromatic carbocycles. The van der Waals surface area contributed by atoms with Crippen molar-refractivity contribution in [3.63, 3.8) is 0 Å². The van der Waals surface area contributed by atoms with Crippen molar-refractivity contribution in [3.8, 4) is 11.1 Å². The summed E-state index contributed by atoms with van der Waals surface area (Å²) in [7, 11) is 0. The van der Waals surface area contributed by atoms with E-state index in [4.69, 9.17) is 9.84 Å². The minimum atomic E-state index is -0.946. The molecule has 8 heteroatoms. The minimum Gasteiger partial charge on any atom is -0.481 e. The second-order valence-corrected chi connectivity index (χ2v) is 9.63. The van der Waals surface area contributed by atoms with Gasteiger partial charge in [0.1, 0.15) is 12.6 Å². The molecule has 0 aromatic heterocycles. The monoisotopic (exact) mass is 468 g/mol. The first kappa shape index (κ1) is 23.2. The Morgan fingerprint density at radius 2 is 1.70 bits per heavy atom. The Morgan fingerprint density at radius 3 is 2.24 bits per heavy atom. The van der Waals surface area contributed by atoms with Gasteiger partial charge in [-0.05, 0) is 53.5 Å². The second kappa shape index (κ2) is 9.87. The summed E-state index contributed by atoms with van der Waals surface area (Å²) >= 11 is 1.57. The number of fused-ring (bicyclic) bond motifs is 3. The first-order valence-corrected chi connectivity index (χ1v) is 12.5. The molecule has 7 nitrogen and oxygen atoms in total. The Balaban J connectivity index is 1.39. The molecule has 0 radical (unpaired) electrons. The molecule has 0 bridgehead atoms. The molecule has 3 N–H and O–H groups in total.